The lowest BCUT2D eigenvalue weighted by atomic mass is 9.94. The van der Waals surface area contributed by atoms with Crippen LogP contribution in [0.15, 0.2) is 84.9 Å². The first-order valence-corrected chi connectivity index (χ1v) is 15.7. The zero-order chi connectivity index (χ0) is 30.6. The Morgan fingerprint density at radius 1 is 0.909 bits per heavy atom. The number of anilines is 1. The number of aryl methyl sites for hydroxylation is 1. The highest BCUT2D eigenvalue weighted by molar-refractivity contribution is 7.20. The number of methoxy groups -OCH3 is 2. The number of ether oxygens (including phenoxy) is 2. The topological polar surface area (TPSA) is 85.7 Å². The number of para-hydroxylation sites is 1. The molecule has 1 saturated carbocycles. The highest BCUT2D eigenvalue weighted by Crippen LogP contribution is 2.36. The maximum Gasteiger partial charge on any atom is 0.269 e. The molecule has 2 aromatic heterocycles. The summed E-state index contributed by atoms with van der Waals surface area (Å²) in [5.74, 6) is 0.858. The Bertz CT molecular complexity index is 1740. The molecule has 0 bridgehead atoms. The number of benzene rings is 3. The number of amides is 2. The molecule has 6 rings (SSSR count). The van der Waals surface area contributed by atoms with Crippen molar-refractivity contribution in [3.63, 3.8) is 0 Å². The van der Waals surface area contributed by atoms with Crippen molar-refractivity contribution in [3.8, 4) is 17.2 Å². The van der Waals surface area contributed by atoms with Gasteiger partial charge < -0.3 is 14.8 Å². The predicted molar refractivity (Wildman–Crippen MR) is 174 cm³/mol. The largest absolute Gasteiger partial charge is 0.497 e. The van der Waals surface area contributed by atoms with E-state index in [1.54, 1.807) is 19.1 Å². The van der Waals surface area contributed by atoms with Gasteiger partial charge in [0.25, 0.3) is 5.91 Å². The summed E-state index contributed by atoms with van der Waals surface area (Å²) in [5, 5.41) is 8.94. The van der Waals surface area contributed by atoms with E-state index in [1.807, 2.05) is 96.5 Å². The van der Waals surface area contributed by atoms with Crippen LogP contribution in [-0.2, 0) is 4.79 Å². The zero-order valence-corrected chi connectivity index (χ0v) is 26.0. The minimum atomic E-state index is -0.916. The van der Waals surface area contributed by atoms with E-state index in [2.05, 4.69) is 5.32 Å². The molecule has 1 aliphatic carbocycles. The highest BCUT2D eigenvalue weighted by Gasteiger charge is 2.36. The lowest BCUT2D eigenvalue weighted by Crippen LogP contribution is -2.47. The van der Waals surface area contributed by atoms with Gasteiger partial charge in [-0.1, -0.05) is 49.6 Å². The predicted octanol–water partition coefficient (Wildman–Crippen LogP) is 7.25. The first-order valence-electron chi connectivity index (χ1n) is 14.9. The van der Waals surface area contributed by atoms with Crippen LogP contribution in [-0.4, -0.2) is 41.9 Å². The molecule has 3 aromatic carbocycles. The van der Waals surface area contributed by atoms with Crippen LogP contribution in [0.4, 0.5) is 5.69 Å². The molecule has 0 unspecified atom stereocenters. The monoisotopic (exact) mass is 608 g/mol. The Morgan fingerprint density at radius 3 is 2.18 bits per heavy atom. The second-order valence-electron chi connectivity index (χ2n) is 11.1. The maximum absolute atomic E-state index is 14.7. The fourth-order valence-electron chi connectivity index (χ4n) is 5.87. The van der Waals surface area contributed by atoms with Gasteiger partial charge in [-0.15, -0.1) is 11.3 Å². The number of hydrogen-bond donors (Lipinski definition) is 1. The third kappa shape index (κ3) is 5.92. The van der Waals surface area contributed by atoms with Crippen LogP contribution in [0.25, 0.3) is 15.9 Å². The number of hydrogen-bond acceptors (Lipinski definition) is 6. The van der Waals surface area contributed by atoms with Crippen molar-refractivity contribution in [3.05, 3.63) is 101 Å². The van der Waals surface area contributed by atoms with Gasteiger partial charge in [-0.25, -0.2) is 4.68 Å². The lowest BCUT2D eigenvalue weighted by molar-refractivity contribution is -0.123. The third-order valence-electron chi connectivity index (χ3n) is 8.22. The van der Waals surface area contributed by atoms with E-state index in [-0.39, 0.29) is 17.9 Å². The van der Waals surface area contributed by atoms with E-state index < -0.39 is 6.04 Å². The SMILES string of the molecule is COc1ccc([C@@H](C(=O)NC2CCCCC2)N(C(=O)c2cc3c(C)nn(-c4ccccc4)c3s2)c2ccc(OC)cc2)cc1. The minimum Gasteiger partial charge on any atom is -0.497 e. The van der Waals surface area contributed by atoms with Crippen LogP contribution >= 0.6 is 11.3 Å². The van der Waals surface area contributed by atoms with Crippen molar-refractivity contribution in [1.29, 1.82) is 0 Å². The summed E-state index contributed by atoms with van der Waals surface area (Å²) >= 11 is 1.38. The molecule has 9 heteroatoms. The molecule has 226 valence electrons. The van der Waals surface area contributed by atoms with Gasteiger partial charge in [0.05, 0.1) is 30.5 Å². The van der Waals surface area contributed by atoms with Crippen LogP contribution in [0.2, 0.25) is 0 Å². The van der Waals surface area contributed by atoms with Crippen LogP contribution in [0.3, 0.4) is 0 Å². The van der Waals surface area contributed by atoms with Crippen LogP contribution < -0.4 is 19.7 Å². The molecule has 2 amide bonds. The van der Waals surface area contributed by atoms with E-state index in [1.165, 1.54) is 17.8 Å². The fraction of sp³-hybridized carbons (Fsp3) is 0.286. The Hall–Kier alpha value is -4.63. The van der Waals surface area contributed by atoms with E-state index >= 15 is 0 Å². The van der Waals surface area contributed by atoms with Gasteiger partial charge in [-0.05, 0) is 79.9 Å². The van der Waals surface area contributed by atoms with Crippen molar-refractivity contribution in [1.82, 2.24) is 15.1 Å². The smallest absolute Gasteiger partial charge is 0.269 e. The summed E-state index contributed by atoms with van der Waals surface area (Å²) in [6, 6.07) is 25.6. The number of carbonyl (C=O) groups is 2. The Kier molecular flexibility index (Phi) is 8.65. The van der Waals surface area contributed by atoms with Gasteiger partial charge in [-0.2, -0.15) is 5.10 Å². The molecule has 0 radical (unpaired) electrons. The molecular formula is C35H36N4O4S. The summed E-state index contributed by atoms with van der Waals surface area (Å²) in [4.78, 5) is 32.0. The van der Waals surface area contributed by atoms with Gasteiger partial charge >= 0.3 is 0 Å². The molecule has 0 saturated heterocycles. The number of thiophene rings is 1. The normalized spacial score (nSPS) is 14.2. The summed E-state index contributed by atoms with van der Waals surface area (Å²) in [7, 11) is 3.21. The van der Waals surface area contributed by atoms with Gasteiger partial charge in [0, 0.05) is 17.1 Å². The molecule has 1 N–H and O–H groups in total. The van der Waals surface area contributed by atoms with Crippen LogP contribution in [0.1, 0.15) is 59.1 Å². The summed E-state index contributed by atoms with van der Waals surface area (Å²) in [5.41, 5.74) is 3.03. The molecule has 44 heavy (non-hydrogen) atoms. The zero-order valence-electron chi connectivity index (χ0n) is 25.2. The van der Waals surface area contributed by atoms with E-state index in [4.69, 9.17) is 14.6 Å². The second-order valence-corrected chi connectivity index (χ2v) is 12.1. The van der Waals surface area contributed by atoms with E-state index in [0.717, 1.165) is 47.3 Å². The number of aromatic nitrogens is 2. The molecular weight excluding hydrogens is 572 g/mol. The summed E-state index contributed by atoms with van der Waals surface area (Å²) in [6.07, 6.45) is 5.21. The quantitative estimate of drug-likeness (QED) is 0.191. The van der Waals surface area contributed by atoms with Crippen molar-refractivity contribution in [2.75, 3.05) is 19.1 Å². The standard InChI is InChI=1S/C35H36N4O4S/c1-23-30-22-31(44-35(30)39(37-23)27-12-8-5-9-13-27)34(41)38(26-16-20-29(43-3)21-17-26)32(24-14-18-28(42-2)19-15-24)33(40)36-25-10-6-4-7-11-25/h5,8-9,12-22,25,32H,4,6-7,10-11H2,1-3H3,(H,36,40)/t32-/m0/s1. The van der Waals surface area contributed by atoms with Crippen LogP contribution in [0.5, 0.6) is 11.5 Å². The van der Waals surface area contributed by atoms with E-state index in [9.17, 15) is 9.59 Å². The Labute approximate surface area is 261 Å². The van der Waals surface area contributed by atoms with Crippen molar-refractivity contribution < 1.29 is 19.1 Å². The maximum atomic E-state index is 14.7. The van der Waals surface area contributed by atoms with Crippen molar-refractivity contribution >= 4 is 39.1 Å². The van der Waals surface area contributed by atoms with Gasteiger partial charge in [0.2, 0.25) is 5.91 Å². The lowest BCUT2D eigenvalue weighted by Gasteiger charge is -2.33. The van der Waals surface area contributed by atoms with Crippen molar-refractivity contribution in [2.45, 2.75) is 51.1 Å². The van der Waals surface area contributed by atoms with Crippen LogP contribution in [0, 0.1) is 6.92 Å². The molecule has 0 aliphatic heterocycles. The van der Waals surface area contributed by atoms with Gasteiger partial charge in [-0.3, -0.25) is 14.5 Å². The van der Waals surface area contributed by atoms with Crippen molar-refractivity contribution in [2.24, 2.45) is 0 Å². The molecule has 8 nitrogen and oxygen atoms in total. The Morgan fingerprint density at radius 2 is 1.55 bits per heavy atom. The number of nitrogens with zero attached hydrogens (tertiary/aromatic N) is 3. The molecule has 1 aliphatic rings. The Balaban J connectivity index is 1.47. The number of nitrogens with one attached hydrogen (secondary N) is 1. The summed E-state index contributed by atoms with van der Waals surface area (Å²) in [6.45, 7) is 1.95. The fourth-order valence-corrected chi connectivity index (χ4v) is 6.99. The average Bonchev–Trinajstić information content (AvgIpc) is 3.64. The number of carbonyl (C=O) groups excluding carboxylic acids is 2. The summed E-state index contributed by atoms with van der Waals surface area (Å²) < 4.78 is 12.7. The van der Waals surface area contributed by atoms with E-state index in [0.29, 0.717) is 27.6 Å². The van der Waals surface area contributed by atoms with Gasteiger partial charge in [0.1, 0.15) is 22.4 Å². The molecule has 1 atom stereocenters. The minimum absolute atomic E-state index is 0.0775. The average molecular weight is 609 g/mol. The number of rotatable bonds is 9. The highest BCUT2D eigenvalue weighted by atomic mass is 32.1. The second kappa shape index (κ2) is 12.9. The first-order chi connectivity index (χ1) is 21.5. The first kappa shape index (κ1) is 29.4. The number of fused-ring (bicyclic) bond motifs is 1. The molecule has 2 heterocycles. The van der Waals surface area contributed by atoms with Gasteiger partial charge in [0.15, 0.2) is 0 Å². The molecule has 0 spiro atoms. The molecule has 1 fully saturated rings. The third-order valence-corrected chi connectivity index (χ3v) is 9.31. The molecule has 5 aromatic rings.